The van der Waals surface area contributed by atoms with E-state index in [0.29, 0.717) is 24.4 Å². The zero-order valence-corrected chi connectivity index (χ0v) is 20.0. The van der Waals surface area contributed by atoms with Crippen molar-refractivity contribution in [3.8, 4) is 17.6 Å². The smallest absolute Gasteiger partial charge is 0.333 e. The van der Waals surface area contributed by atoms with Crippen molar-refractivity contribution in [2.24, 2.45) is 0 Å². The first-order valence-electron chi connectivity index (χ1n) is 12.0. The van der Waals surface area contributed by atoms with Gasteiger partial charge >= 0.3 is 5.97 Å². The maximum Gasteiger partial charge on any atom is 0.333 e. The predicted octanol–water partition coefficient (Wildman–Crippen LogP) is 7.37. The van der Waals surface area contributed by atoms with E-state index in [2.05, 4.69) is 18.4 Å². The van der Waals surface area contributed by atoms with Crippen molar-refractivity contribution < 1.29 is 23.0 Å². The maximum absolute atomic E-state index is 13.2. The number of rotatable bonds is 14. The molecule has 2 aromatic carbocycles. The fourth-order valence-corrected chi connectivity index (χ4v) is 3.27. The first kappa shape index (κ1) is 27.1. The van der Waals surface area contributed by atoms with E-state index in [0.717, 1.165) is 49.1 Å². The largest absolute Gasteiger partial charge is 0.494 e. The highest BCUT2D eigenvalue weighted by atomic mass is 19.2. The van der Waals surface area contributed by atoms with Crippen LogP contribution in [0.1, 0.15) is 75.8 Å². The van der Waals surface area contributed by atoms with Crippen molar-refractivity contribution in [3.05, 3.63) is 77.4 Å². The molecule has 0 heterocycles. The molecule has 0 radical (unpaired) electrons. The predicted molar refractivity (Wildman–Crippen MR) is 132 cm³/mol. The lowest BCUT2D eigenvalue weighted by molar-refractivity contribution is -0.139. The van der Waals surface area contributed by atoms with Gasteiger partial charge in [0.25, 0.3) is 0 Å². The van der Waals surface area contributed by atoms with Gasteiger partial charge in [-0.3, -0.25) is 0 Å². The van der Waals surface area contributed by atoms with Crippen molar-refractivity contribution in [1.29, 1.82) is 0 Å². The normalized spacial score (nSPS) is 10.3. The molecule has 0 aliphatic carbocycles. The summed E-state index contributed by atoms with van der Waals surface area (Å²) in [5.74, 6) is 4.50. The molecule has 2 rings (SSSR count). The molecule has 0 atom stereocenters. The third-order valence-corrected chi connectivity index (χ3v) is 5.26. The molecule has 0 spiro atoms. The Hall–Kier alpha value is -3.13. The molecule has 182 valence electrons. The molecule has 0 saturated heterocycles. The molecular weight excluding hydrogens is 434 g/mol. The van der Waals surface area contributed by atoms with Gasteiger partial charge in [-0.1, -0.05) is 63.4 Å². The minimum atomic E-state index is -0.897. The molecule has 0 bridgehead atoms. The Bertz CT molecular complexity index is 971. The van der Waals surface area contributed by atoms with Crippen LogP contribution in [0.15, 0.2) is 54.6 Å². The summed E-state index contributed by atoms with van der Waals surface area (Å²) in [6.07, 6.45) is 10.2. The van der Waals surface area contributed by atoms with Crippen LogP contribution in [-0.4, -0.2) is 19.2 Å². The minimum absolute atomic E-state index is 0.298. The number of esters is 1. The number of hydrogen-bond acceptors (Lipinski definition) is 3. The zero-order chi connectivity index (χ0) is 24.6. The Kier molecular flexibility index (Phi) is 12.5. The van der Waals surface area contributed by atoms with Gasteiger partial charge in [-0.2, -0.15) is 0 Å². The van der Waals surface area contributed by atoms with Crippen molar-refractivity contribution in [1.82, 2.24) is 0 Å². The number of unbranched alkanes of at least 4 members (excludes halogenated alkanes) is 8. The number of halogens is 2. The van der Waals surface area contributed by atoms with Crippen molar-refractivity contribution in [3.63, 3.8) is 0 Å². The second-order valence-corrected chi connectivity index (χ2v) is 8.35. The number of hydrogen-bond donors (Lipinski definition) is 0. The summed E-state index contributed by atoms with van der Waals surface area (Å²) in [7, 11) is 0. The average Bonchev–Trinajstić information content (AvgIpc) is 2.83. The Labute approximate surface area is 202 Å². The van der Waals surface area contributed by atoms with Crippen LogP contribution >= 0.6 is 0 Å². The standard InChI is InChI=1S/C29H34F2O3/c1-23(2)29(32)34-21-11-9-7-5-3-4-6-8-10-20-33-26-17-14-24(15-18-26)12-13-25-16-19-27(30)28(31)22-25/h14-19,22H,1,3-11,20-21H2,2H3. The summed E-state index contributed by atoms with van der Waals surface area (Å²) < 4.78 is 37.1. The summed E-state index contributed by atoms with van der Waals surface area (Å²) in [4.78, 5) is 11.3. The third kappa shape index (κ3) is 11.1. The van der Waals surface area contributed by atoms with Gasteiger partial charge in [0.2, 0.25) is 0 Å². The lowest BCUT2D eigenvalue weighted by Gasteiger charge is -2.06. The van der Waals surface area contributed by atoms with Crippen molar-refractivity contribution in [2.75, 3.05) is 13.2 Å². The van der Waals surface area contributed by atoms with Crippen LogP contribution in [0.2, 0.25) is 0 Å². The SMILES string of the molecule is C=C(C)C(=O)OCCCCCCCCCCCOc1ccc(C#Cc2ccc(F)c(F)c2)cc1. The van der Waals surface area contributed by atoms with Gasteiger partial charge in [-0.25, -0.2) is 13.6 Å². The molecule has 0 aliphatic rings. The van der Waals surface area contributed by atoms with Crippen LogP contribution in [0.5, 0.6) is 5.75 Å². The molecule has 3 nitrogen and oxygen atoms in total. The first-order valence-corrected chi connectivity index (χ1v) is 12.0. The molecule has 0 saturated carbocycles. The summed E-state index contributed by atoms with van der Waals surface area (Å²) in [5.41, 5.74) is 1.67. The van der Waals surface area contributed by atoms with E-state index in [-0.39, 0.29) is 5.97 Å². The van der Waals surface area contributed by atoms with Gasteiger partial charge < -0.3 is 9.47 Å². The van der Waals surface area contributed by atoms with Gasteiger partial charge in [0.15, 0.2) is 11.6 Å². The van der Waals surface area contributed by atoms with E-state index >= 15 is 0 Å². The lowest BCUT2D eigenvalue weighted by Crippen LogP contribution is -2.05. The van der Waals surface area contributed by atoms with Crippen LogP contribution in [-0.2, 0) is 9.53 Å². The van der Waals surface area contributed by atoms with E-state index in [4.69, 9.17) is 9.47 Å². The molecule has 0 aromatic heterocycles. The highest BCUT2D eigenvalue weighted by molar-refractivity contribution is 5.86. The molecular formula is C29H34F2O3. The Morgan fingerprint density at radius 3 is 1.88 bits per heavy atom. The first-order chi connectivity index (χ1) is 16.5. The maximum atomic E-state index is 13.2. The average molecular weight is 469 g/mol. The molecule has 2 aromatic rings. The second-order valence-electron chi connectivity index (χ2n) is 8.35. The summed E-state index contributed by atoms with van der Waals surface area (Å²) in [6.45, 7) is 6.39. The third-order valence-electron chi connectivity index (χ3n) is 5.26. The summed E-state index contributed by atoms with van der Waals surface area (Å²) >= 11 is 0. The van der Waals surface area contributed by atoms with Crippen molar-refractivity contribution in [2.45, 2.75) is 64.7 Å². The second kappa shape index (κ2) is 15.7. The summed E-state index contributed by atoms with van der Waals surface area (Å²) in [6, 6.07) is 11.1. The molecule has 0 unspecified atom stereocenters. The molecule has 0 aliphatic heterocycles. The lowest BCUT2D eigenvalue weighted by atomic mass is 10.1. The Balaban J connectivity index is 1.48. The number of carbonyl (C=O) groups excluding carboxylic acids is 1. The van der Waals surface area contributed by atoms with E-state index in [9.17, 15) is 13.6 Å². The Morgan fingerprint density at radius 1 is 0.765 bits per heavy atom. The topological polar surface area (TPSA) is 35.5 Å². The van der Waals surface area contributed by atoms with E-state index in [1.165, 1.54) is 38.2 Å². The van der Waals surface area contributed by atoms with Crippen LogP contribution in [0.3, 0.4) is 0 Å². The van der Waals surface area contributed by atoms with Gasteiger partial charge in [0.05, 0.1) is 13.2 Å². The molecule has 0 fully saturated rings. The number of carbonyl (C=O) groups is 1. The van der Waals surface area contributed by atoms with Gasteiger partial charge in [0.1, 0.15) is 5.75 Å². The van der Waals surface area contributed by atoms with E-state index in [1.807, 2.05) is 24.3 Å². The van der Waals surface area contributed by atoms with E-state index < -0.39 is 11.6 Å². The molecule has 5 heteroatoms. The Morgan fingerprint density at radius 2 is 1.29 bits per heavy atom. The van der Waals surface area contributed by atoms with Crippen LogP contribution in [0, 0.1) is 23.5 Å². The number of ether oxygens (including phenoxy) is 2. The van der Waals surface area contributed by atoms with Crippen LogP contribution < -0.4 is 4.74 Å². The quantitative estimate of drug-likeness (QED) is 0.126. The monoisotopic (exact) mass is 468 g/mol. The van der Waals surface area contributed by atoms with E-state index in [1.54, 1.807) is 6.92 Å². The fraction of sp³-hybridized carbons (Fsp3) is 0.414. The fourth-order valence-electron chi connectivity index (χ4n) is 3.27. The highest BCUT2D eigenvalue weighted by Gasteiger charge is 2.02. The van der Waals surface area contributed by atoms with Gasteiger partial charge in [0, 0.05) is 16.7 Å². The van der Waals surface area contributed by atoms with Crippen LogP contribution in [0.25, 0.3) is 0 Å². The zero-order valence-electron chi connectivity index (χ0n) is 20.0. The minimum Gasteiger partial charge on any atom is -0.494 e. The molecule has 0 N–H and O–H groups in total. The molecule has 0 amide bonds. The highest BCUT2D eigenvalue weighted by Crippen LogP contribution is 2.14. The van der Waals surface area contributed by atoms with Gasteiger partial charge in [-0.05, 0) is 62.2 Å². The summed E-state index contributed by atoms with van der Waals surface area (Å²) in [5, 5.41) is 0. The van der Waals surface area contributed by atoms with Crippen molar-refractivity contribution >= 4 is 5.97 Å². The number of benzene rings is 2. The van der Waals surface area contributed by atoms with Crippen LogP contribution in [0.4, 0.5) is 8.78 Å². The van der Waals surface area contributed by atoms with Gasteiger partial charge in [-0.15, -0.1) is 0 Å². The molecule has 34 heavy (non-hydrogen) atoms.